The lowest BCUT2D eigenvalue weighted by Gasteiger charge is -2.18. The number of aryl methyl sites for hydroxylation is 1. The number of nitrogens with one attached hydrogen (secondary N) is 2. The number of nitrogens with zero attached hydrogens (tertiary/aromatic N) is 2. The lowest BCUT2D eigenvalue weighted by molar-refractivity contribution is -0.123. The van der Waals surface area contributed by atoms with Gasteiger partial charge >= 0.3 is 0 Å². The van der Waals surface area contributed by atoms with E-state index < -0.39 is 5.54 Å². The van der Waals surface area contributed by atoms with Crippen LogP contribution in [-0.2, 0) is 10.3 Å². The fourth-order valence-corrected chi connectivity index (χ4v) is 4.17. The molecule has 4 rings (SSSR count). The molecule has 1 saturated heterocycles. The van der Waals surface area contributed by atoms with Crippen molar-refractivity contribution >= 4 is 23.1 Å². The number of aromatic nitrogens is 1. The van der Waals surface area contributed by atoms with Crippen LogP contribution in [0.3, 0.4) is 0 Å². The molecule has 3 heterocycles. The van der Waals surface area contributed by atoms with Crippen molar-refractivity contribution < 1.29 is 4.79 Å². The number of carbonyl (C=O) groups excluding carboxylic acids is 1. The highest BCUT2D eigenvalue weighted by molar-refractivity contribution is 7.13. The summed E-state index contributed by atoms with van der Waals surface area (Å²) in [5.41, 5.74) is 4.09. The average molecular weight is 429 g/mol. The number of benzene rings is 1. The number of hydrogen-bond donors (Lipinski definition) is 2. The third kappa shape index (κ3) is 5.35. The summed E-state index contributed by atoms with van der Waals surface area (Å²) in [4.78, 5) is 22.8. The third-order valence-electron chi connectivity index (χ3n) is 5.37. The van der Waals surface area contributed by atoms with E-state index >= 15 is 0 Å². The van der Waals surface area contributed by atoms with Crippen molar-refractivity contribution in [1.29, 1.82) is 0 Å². The van der Waals surface area contributed by atoms with Crippen molar-refractivity contribution in [3.63, 3.8) is 0 Å². The van der Waals surface area contributed by atoms with Gasteiger partial charge in [0.15, 0.2) is 5.54 Å². The molecule has 2 N–H and O–H groups in total. The highest BCUT2D eigenvalue weighted by Crippen LogP contribution is 2.33. The van der Waals surface area contributed by atoms with Gasteiger partial charge < -0.3 is 10.6 Å². The summed E-state index contributed by atoms with van der Waals surface area (Å²) in [6, 6.07) is 8.28. The highest BCUT2D eigenvalue weighted by Gasteiger charge is 2.42. The minimum absolute atomic E-state index is 0.0482. The summed E-state index contributed by atoms with van der Waals surface area (Å²) in [6.07, 6.45) is 4.79. The molecule has 0 saturated carbocycles. The second-order valence-electron chi connectivity index (χ2n) is 7.52. The average Bonchev–Trinajstić information content (AvgIpc) is 3.52. The number of aliphatic imine (C=N–C) groups is 1. The molecule has 6 heteroatoms. The van der Waals surface area contributed by atoms with Crippen LogP contribution in [0, 0.1) is 6.92 Å². The quantitative estimate of drug-likeness (QED) is 0.681. The first-order chi connectivity index (χ1) is 14.5. The summed E-state index contributed by atoms with van der Waals surface area (Å²) in [5, 5.41) is 6.37. The molecule has 1 unspecified atom stereocenters. The minimum atomic E-state index is -0.846. The Hall–Kier alpha value is -2.05. The van der Waals surface area contributed by atoms with Crippen molar-refractivity contribution in [2.45, 2.75) is 78.8 Å². The molecular weight excluding hydrogens is 392 g/mol. The lowest BCUT2D eigenvalue weighted by Crippen LogP contribution is -2.41. The number of thiazole rings is 1. The van der Waals surface area contributed by atoms with Gasteiger partial charge in [-0.05, 0) is 44.4 Å². The van der Waals surface area contributed by atoms with E-state index in [9.17, 15) is 4.79 Å². The van der Waals surface area contributed by atoms with Crippen LogP contribution < -0.4 is 10.6 Å². The van der Waals surface area contributed by atoms with E-state index in [4.69, 9.17) is 4.99 Å². The first-order valence-corrected chi connectivity index (χ1v) is 12.0. The van der Waals surface area contributed by atoms with Gasteiger partial charge in [0.1, 0.15) is 5.84 Å². The maximum absolute atomic E-state index is 12.6. The molecule has 164 valence electrons. The molecule has 0 radical (unpaired) electrons. The Morgan fingerprint density at radius 2 is 1.83 bits per heavy atom. The Morgan fingerprint density at radius 3 is 2.33 bits per heavy atom. The van der Waals surface area contributed by atoms with Crippen LogP contribution in [0.4, 0.5) is 0 Å². The first kappa shape index (κ1) is 24.2. The van der Waals surface area contributed by atoms with Crippen LogP contribution in [0.1, 0.15) is 71.6 Å². The van der Waals surface area contributed by atoms with E-state index in [1.807, 2.05) is 45.3 Å². The molecule has 0 spiro atoms. The van der Waals surface area contributed by atoms with Crippen LogP contribution in [0.25, 0.3) is 10.4 Å². The van der Waals surface area contributed by atoms with E-state index in [2.05, 4.69) is 41.6 Å². The first-order valence-electron chi connectivity index (χ1n) is 11.1. The smallest absolute Gasteiger partial charge is 0.257 e. The minimum Gasteiger partial charge on any atom is -0.311 e. The normalized spacial score (nSPS) is 22.4. The Bertz CT molecular complexity index is 835. The standard InChI is InChI=1S/C18H20N4OS.C4H10.C2H6/c1-11-15(24-10-20-11)12-5-7-13(8-6-12)18(2)17(23)21-16(22-18)14-4-3-9-19-14;1-3-4-2;1-2/h5-8,10,14,19H,3-4,9H2,1-2H3,(H,21,22,23);3-4H2,1-2H3;1-2H3/t14?,18-;;/m0../s1. The van der Waals surface area contributed by atoms with Crippen molar-refractivity contribution in [1.82, 2.24) is 15.6 Å². The Balaban J connectivity index is 0.000000481. The molecule has 5 nitrogen and oxygen atoms in total. The summed E-state index contributed by atoms with van der Waals surface area (Å²) < 4.78 is 0. The molecule has 2 aliphatic rings. The second kappa shape index (κ2) is 11.4. The molecule has 1 fully saturated rings. The fourth-order valence-electron chi connectivity index (χ4n) is 3.36. The Morgan fingerprint density at radius 1 is 1.17 bits per heavy atom. The van der Waals surface area contributed by atoms with Gasteiger partial charge in [-0.25, -0.2) is 9.98 Å². The summed E-state index contributed by atoms with van der Waals surface area (Å²) >= 11 is 1.63. The summed E-state index contributed by atoms with van der Waals surface area (Å²) in [6.45, 7) is 13.2. The molecule has 2 aromatic rings. The predicted molar refractivity (Wildman–Crippen MR) is 128 cm³/mol. The van der Waals surface area contributed by atoms with Gasteiger partial charge in [0.25, 0.3) is 5.91 Å². The predicted octanol–water partition coefficient (Wildman–Crippen LogP) is 5.45. The number of amides is 1. The number of rotatable bonds is 4. The number of hydrogen-bond acceptors (Lipinski definition) is 5. The van der Waals surface area contributed by atoms with E-state index in [0.29, 0.717) is 0 Å². The highest BCUT2D eigenvalue weighted by atomic mass is 32.1. The van der Waals surface area contributed by atoms with E-state index in [1.54, 1.807) is 11.3 Å². The van der Waals surface area contributed by atoms with Gasteiger partial charge in [-0.2, -0.15) is 0 Å². The molecule has 1 amide bonds. The molecule has 1 aromatic heterocycles. The van der Waals surface area contributed by atoms with E-state index in [0.717, 1.165) is 42.0 Å². The number of carbonyl (C=O) groups is 1. The van der Waals surface area contributed by atoms with Crippen LogP contribution in [0.2, 0.25) is 0 Å². The molecule has 1 aromatic carbocycles. The van der Waals surface area contributed by atoms with Gasteiger partial charge in [-0.15, -0.1) is 11.3 Å². The van der Waals surface area contributed by atoms with Crippen molar-refractivity contribution in [2.24, 2.45) is 4.99 Å². The maximum Gasteiger partial charge on any atom is 0.257 e. The van der Waals surface area contributed by atoms with Crippen molar-refractivity contribution in [3.8, 4) is 10.4 Å². The zero-order valence-electron chi connectivity index (χ0n) is 19.2. The monoisotopic (exact) mass is 428 g/mol. The molecule has 2 atom stereocenters. The molecular formula is C24H36N4OS. The van der Waals surface area contributed by atoms with Gasteiger partial charge in [-0.3, -0.25) is 4.79 Å². The zero-order chi connectivity index (χ0) is 22.1. The maximum atomic E-state index is 12.6. The molecule has 30 heavy (non-hydrogen) atoms. The zero-order valence-corrected chi connectivity index (χ0v) is 20.0. The summed E-state index contributed by atoms with van der Waals surface area (Å²) in [7, 11) is 0. The molecule has 2 aliphatic heterocycles. The summed E-state index contributed by atoms with van der Waals surface area (Å²) in [5.74, 6) is 0.732. The van der Waals surface area contributed by atoms with Crippen LogP contribution >= 0.6 is 11.3 Å². The van der Waals surface area contributed by atoms with Crippen LogP contribution in [0.15, 0.2) is 34.8 Å². The van der Waals surface area contributed by atoms with Gasteiger partial charge in [-0.1, -0.05) is 64.8 Å². The molecule has 0 aliphatic carbocycles. The van der Waals surface area contributed by atoms with E-state index in [1.165, 1.54) is 17.7 Å². The van der Waals surface area contributed by atoms with Crippen LogP contribution in [0.5, 0.6) is 0 Å². The lowest BCUT2D eigenvalue weighted by atomic mass is 9.91. The Labute approximate surface area is 185 Å². The second-order valence-corrected chi connectivity index (χ2v) is 8.37. The van der Waals surface area contributed by atoms with Crippen molar-refractivity contribution in [2.75, 3.05) is 6.54 Å². The van der Waals surface area contributed by atoms with Gasteiger partial charge in [0.2, 0.25) is 0 Å². The number of amidine groups is 1. The third-order valence-corrected chi connectivity index (χ3v) is 6.35. The largest absolute Gasteiger partial charge is 0.311 e. The fraction of sp³-hybridized carbons (Fsp3) is 0.542. The molecule has 0 bridgehead atoms. The number of unbranched alkanes of at least 4 members (excludes halogenated alkanes) is 1. The topological polar surface area (TPSA) is 66.4 Å². The van der Waals surface area contributed by atoms with Crippen molar-refractivity contribution in [3.05, 3.63) is 41.0 Å². The van der Waals surface area contributed by atoms with E-state index in [-0.39, 0.29) is 11.9 Å². The van der Waals surface area contributed by atoms with Gasteiger partial charge in [0, 0.05) is 0 Å². The van der Waals surface area contributed by atoms with Crippen LogP contribution in [-0.4, -0.2) is 29.3 Å². The van der Waals surface area contributed by atoms with Gasteiger partial charge in [0.05, 0.1) is 22.1 Å². The Kier molecular flexibility index (Phi) is 9.18. The SMILES string of the molecule is CC.CCCC.Cc1ncsc1-c1ccc([C@]2(C)N=C(C3CCCN3)NC2=O)cc1.